The highest BCUT2D eigenvalue weighted by molar-refractivity contribution is 7.53. The van der Waals surface area contributed by atoms with E-state index in [4.69, 9.17) is 23.4 Å². The minimum Gasteiger partial charge on any atom is -0.368 e. The third kappa shape index (κ3) is 7.51. The van der Waals surface area contributed by atoms with E-state index in [2.05, 4.69) is 5.16 Å². The molecule has 0 radical (unpaired) electrons. The minimum absolute atomic E-state index is 0.0385. The number of hydrogen-bond donors (Lipinski definition) is 0. The van der Waals surface area contributed by atoms with Crippen LogP contribution in [0.3, 0.4) is 0 Å². The molecule has 9 heteroatoms. The number of hydrogen-bond acceptors (Lipinski definition) is 8. The zero-order valence-corrected chi connectivity index (χ0v) is 19.9. The molecule has 31 heavy (non-hydrogen) atoms. The summed E-state index contributed by atoms with van der Waals surface area (Å²) in [5.74, 6) is -0.617. The van der Waals surface area contributed by atoms with Crippen molar-refractivity contribution in [2.45, 2.75) is 66.0 Å². The van der Waals surface area contributed by atoms with Crippen molar-refractivity contribution in [2.24, 2.45) is 11.1 Å². The van der Waals surface area contributed by atoms with Crippen molar-refractivity contribution >= 4 is 19.3 Å². The van der Waals surface area contributed by atoms with Gasteiger partial charge in [-0.1, -0.05) is 49.3 Å². The molecule has 0 saturated carbocycles. The van der Waals surface area contributed by atoms with Crippen LogP contribution < -0.4 is 0 Å². The van der Waals surface area contributed by atoms with Gasteiger partial charge in [-0.05, 0) is 25.8 Å². The van der Waals surface area contributed by atoms with Crippen molar-refractivity contribution < 1.29 is 32.7 Å². The van der Waals surface area contributed by atoms with Crippen LogP contribution in [0.1, 0.15) is 46.6 Å². The Hall–Kier alpha value is -1.57. The van der Waals surface area contributed by atoms with Gasteiger partial charge in [-0.2, -0.15) is 0 Å². The first-order valence-electron chi connectivity index (χ1n) is 10.8. The molecule has 2 rings (SSSR count). The van der Waals surface area contributed by atoms with Gasteiger partial charge in [0.25, 0.3) is 0 Å². The van der Waals surface area contributed by atoms with Gasteiger partial charge in [0, 0.05) is 12.8 Å². The second-order valence-electron chi connectivity index (χ2n) is 7.38. The molecular weight excluding hydrogens is 421 g/mol. The summed E-state index contributed by atoms with van der Waals surface area (Å²) in [7, 11) is -3.43. The zero-order valence-electron chi connectivity index (χ0n) is 19.0. The summed E-state index contributed by atoms with van der Waals surface area (Å²) >= 11 is 0. The largest absolute Gasteiger partial charge is 0.368 e. The minimum atomic E-state index is -3.43. The van der Waals surface area contributed by atoms with Crippen LogP contribution in [0, 0.1) is 5.92 Å². The summed E-state index contributed by atoms with van der Waals surface area (Å²) < 4.78 is 36.6. The molecule has 0 N–H and O–H groups in total. The normalized spacial score (nSPS) is 25.5. The standard InChI is InChI=1S/C22H34NO7P/c1-6-19-16(4)22(26-14-18-12-10-9-11-13-18)21(23-30-17(5)24)20(29-19)15-31(25,27-7-2)28-8-3/h9-13,16,19-20,22H,6-8,14-15H2,1-5H3/b23-21+/t16-,19-,20-,22+/m1/s1. The third-order valence-corrected chi connectivity index (χ3v) is 7.10. The summed E-state index contributed by atoms with van der Waals surface area (Å²) in [6.45, 7) is 9.63. The number of carbonyl (C=O) groups excluding carboxylic acids is 1. The summed E-state index contributed by atoms with van der Waals surface area (Å²) in [4.78, 5) is 16.4. The maximum Gasteiger partial charge on any atom is 0.333 e. The van der Waals surface area contributed by atoms with E-state index in [9.17, 15) is 9.36 Å². The SMILES string of the molecule is CCOP(=O)(C[C@H]1O[C@H](CC)[C@@H](C)[C@H](OCc2ccccc2)/C1=N/OC(C)=O)OCC. The molecule has 1 fully saturated rings. The van der Waals surface area contributed by atoms with Crippen LogP contribution in [-0.4, -0.2) is 49.4 Å². The van der Waals surface area contributed by atoms with Gasteiger partial charge in [0.05, 0.1) is 32.1 Å². The molecule has 4 atom stereocenters. The molecule has 174 valence electrons. The smallest absolute Gasteiger partial charge is 0.333 e. The molecule has 1 aromatic carbocycles. The molecule has 0 unspecified atom stereocenters. The Morgan fingerprint density at radius 1 is 1.13 bits per heavy atom. The van der Waals surface area contributed by atoms with Gasteiger partial charge in [0.15, 0.2) is 0 Å². The first kappa shape index (κ1) is 25.7. The first-order chi connectivity index (χ1) is 14.8. The Balaban J connectivity index is 2.35. The number of ether oxygens (including phenoxy) is 2. The van der Waals surface area contributed by atoms with E-state index in [1.165, 1.54) is 6.92 Å². The van der Waals surface area contributed by atoms with Gasteiger partial charge < -0.3 is 23.4 Å². The van der Waals surface area contributed by atoms with Gasteiger partial charge >= 0.3 is 13.6 Å². The molecule has 0 aromatic heterocycles. The summed E-state index contributed by atoms with van der Waals surface area (Å²) in [5, 5.41) is 4.07. The Morgan fingerprint density at radius 3 is 2.32 bits per heavy atom. The van der Waals surface area contributed by atoms with Gasteiger partial charge in [-0.3, -0.25) is 4.57 Å². The van der Waals surface area contributed by atoms with Crippen molar-refractivity contribution in [1.29, 1.82) is 0 Å². The Labute approximate surface area is 184 Å². The van der Waals surface area contributed by atoms with E-state index >= 15 is 0 Å². The number of oxime groups is 1. The number of benzene rings is 1. The van der Waals surface area contributed by atoms with Crippen molar-refractivity contribution in [1.82, 2.24) is 0 Å². The van der Waals surface area contributed by atoms with Crippen molar-refractivity contribution in [3.63, 3.8) is 0 Å². The zero-order chi connectivity index (χ0) is 22.9. The Kier molecular flexibility index (Phi) is 10.3. The summed E-state index contributed by atoms with van der Waals surface area (Å²) in [5.41, 5.74) is 1.38. The van der Waals surface area contributed by atoms with Crippen LogP contribution in [0.4, 0.5) is 0 Å². The number of nitrogens with zero attached hydrogens (tertiary/aromatic N) is 1. The van der Waals surface area contributed by atoms with E-state index in [1.807, 2.05) is 44.2 Å². The lowest BCUT2D eigenvalue weighted by Gasteiger charge is -2.41. The summed E-state index contributed by atoms with van der Waals surface area (Å²) in [6.07, 6.45) is -0.676. The molecule has 8 nitrogen and oxygen atoms in total. The number of rotatable bonds is 11. The van der Waals surface area contributed by atoms with Crippen LogP contribution in [-0.2, 0) is 39.3 Å². The summed E-state index contributed by atoms with van der Waals surface area (Å²) in [6, 6.07) is 9.77. The fraction of sp³-hybridized carbons (Fsp3) is 0.636. The lowest BCUT2D eigenvalue weighted by molar-refractivity contribution is -0.141. The third-order valence-electron chi connectivity index (χ3n) is 5.02. The average Bonchev–Trinajstić information content (AvgIpc) is 2.73. The van der Waals surface area contributed by atoms with E-state index in [-0.39, 0.29) is 31.4 Å². The Morgan fingerprint density at radius 2 is 1.77 bits per heavy atom. The van der Waals surface area contributed by atoms with Crippen molar-refractivity contribution in [2.75, 3.05) is 19.4 Å². The molecule has 1 saturated heterocycles. The van der Waals surface area contributed by atoms with E-state index in [0.29, 0.717) is 12.3 Å². The molecular formula is C22H34NO7P. The average molecular weight is 455 g/mol. The molecule has 0 spiro atoms. The van der Waals surface area contributed by atoms with Gasteiger partial charge in [-0.15, -0.1) is 0 Å². The predicted octanol–water partition coefficient (Wildman–Crippen LogP) is 4.57. The fourth-order valence-electron chi connectivity index (χ4n) is 3.62. The lowest BCUT2D eigenvalue weighted by Crippen LogP contribution is -2.53. The molecule has 1 aromatic rings. The van der Waals surface area contributed by atoms with Crippen LogP contribution in [0.2, 0.25) is 0 Å². The van der Waals surface area contributed by atoms with Gasteiger partial charge in [0.2, 0.25) is 0 Å². The maximum atomic E-state index is 13.2. The molecule has 0 amide bonds. The quantitative estimate of drug-likeness (QED) is 0.274. The molecule has 1 aliphatic heterocycles. The first-order valence-corrected chi connectivity index (χ1v) is 12.5. The topological polar surface area (TPSA) is 92.7 Å². The van der Waals surface area contributed by atoms with Gasteiger partial charge in [0.1, 0.15) is 17.9 Å². The lowest BCUT2D eigenvalue weighted by atomic mass is 9.87. The predicted molar refractivity (Wildman–Crippen MR) is 118 cm³/mol. The van der Waals surface area contributed by atoms with Crippen LogP contribution in [0.25, 0.3) is 0 Å². The fourth-order valence-corrected chi connectivity index (χ4v) is 5.37. The maximum absolute atomic E-state index is 13.2. The second kappa shape index (κ2) is 12.5. The highest BCUT2D eigenvalue weighted by Gasteiger charge is 2.45. The van der Waals surface area contributed by atoms with Crippen molar-refractivity contribution in [3.8, 4) is 0 Å². The molecule has 1 heterocycles. The van der Waals surface area contributed by atoms with Crippen LogP contribution >= 0.6 is 7.60 Å². The molecule has 0 aliphatic carbocycles. The monoisotopic (exact) mass is 455 g/mol. The Bertz CT molecular complexity index is 760. The van der Waals surface area contributed by atoms with Gasteiger partial charge in [-0.25, -0.2) is 4.79 Å². The second-order valence-corrected chi connectivity index (χ2v) is 9.48. The van der Waals surface area contributed by atoms with Crippen LogP contribution in [0.5, 0.6) is 0 Å². The van der Waals surface area contributed by atoms with Crippen molar-refractivity contribution in [3.05, 3.63) is 35.9 Å². The number of carbonyl (C=O) groups is 1. The highest BCUT2D eigenvalue weighted by atomic mass is 31.2. The molecule has 0 bridgehead atoms. The van der Waals surface area contributed by atoms with E-state index in [1.54, 1.807) is 13.8 Å². The van der Waals surface area contributed by atoms with E-state index < -0.39 is 25.8 Å². The van der Waals surface area contributed by atoms with Crippen LogP contribution in [0.15, 0.2) is 35.5 Å². The highest BCUT2D eigenvalue weighted by Crippen LogP contribution is 2.50. The molecule has 1 aliphatic rings. The van der Waals surface area contributed by atoms with E-state index in [0.717, 1.165) is 12.0 Å².